The minimum absolute atomic E-state index is 0.248. The molecule has 0 aliphatic carbocycles. The molecule has 1 amide bonds. The predicted molar refractivity (Wildman–Crippen MR) is 112 cm³/mol. The average molecular weight is 400 g/mol. The van der Waals surface area contributed by atoms with Crippen LogP contribution in [0.5, 0.6) is 11.5 Å². The number of anilines is 1. The van der Waals surface area contributed by atoms with Gasteiger partial charge in [0.15, 0.2) is 11.5 Å². The van der Waals surface area contributed by atoms with E-state index in [4.69, 9.17) is 15.2 Å². The summed E-state index contributed by atoms with van der Waals surface area (Å²) in [6.07, 6.45) is 2.59. The number of nitrogens with one attached hydrogen (secondary N) is 1. The zero-order chi connectivity index (χ0) is 21.0. The van der Waals surface area contributed by atoms with Crippen molar-refractivity contribution < 1.29 is 14.3 Å². The van der Waals surface area contributed by atoms with Gasteiger partial charge in [0.25, 0.3) is 0 Å². The first-order valence-corrected chi connectivity index (χ1v) is 9.62. The second kappa shape index (κ2) is 6.29. The number of fused-ring (bicyclic) bond motifs is 5. The van der Waals surface area contributed by atoms with Crippen molar-refractivity contribution in [3.63, 3.8) is 0 Å². The van der Waals surface area contributed by atoms with Crippen molar-refractivity contribution in [2.45, 2.75) is 11.8 Å². The molecule has 0 aromatic heterocycles. The summed E-state index contributed by atoms with van der Waals surface area (Å²) in [4.78, 5) is 15.2. The third kappa shape index (κ3) is 2.16. The molecule has 0 fully saturated rings. The Balaban J connectivity index is 1.80. The molecule has 3 aliphatic rings. The fourth-order valence-electron chi connectivity index (χ4n) is 4.70. The van der Waals surface area contributed by atoms with E-state index in [1.165, 1.54) is 0 Å². The second-order valence-corrected chi connectivity index (χ2v) is 7.48. The first-order valence-electron chi connectivity index (χ1n) is 9.62. The standard InChI is InChI=1S/C23H20N4O3/c1-29-19-9-13-7-8-27-18(14(13)10-20(19)30-2)11-23(16(12-24)21(27)25)15-5-3-4-6-17(15)26-22(23)28/h3-6,9-11H,7-8,25H2,1-2H3,(H,26,28). The Hall–Kier alpha value is -3.92. The molecular weight excluding hydrogens is 380 g/mol. The Bertz CT molecular complexity index is 1210. The molecule has 7 nitrogen and oxygen atoms in total. The van der Waals surface area contributed by atoms with Crippen molar-refractivity contribution >= 4 is 17.3 Å². The Morgan fingerprint density at radius 1 is 1.20 bits per heavy atom. The number of rotatable bonds is 2. The van der Waals surface area contributed by atoms with Crippen LogP contribution in [0.15, 0.2) is 53.9 Å². The molecule has 0 radical (unpaired) electrons. The van der Waals surface area contributed by atoms with Crippen LogP contribution in [-0.4, -0.2) is 31.6 Å². The third-order valence-electron chi connectivity index (χ3n) is 6.15. The zero-order valence-electron chi connectivity index (χ0n) is 16.7. The number of methoxy groups -OCH3 is 2. The molecular formula is C23H20N4O3. The predicted octanol–water partition coefficient (Wildman–Crippen LogP) is 2.50. The van der Waals surface area contributed by atoms with Crippen molar-refractivity contribution in [3.05, 3.63) is 70.6 Å². The first kappa shape index (κ1) is 18.1. The summed E-state index contributed by atoms with van der Waals surface area (Å²) in [6, 6.07) is 13.5. The number of ether oxygens (including phenoxy) is 2. The van der Waals surface area contributed by atoms with Gasteiger partial charge < -0.3 is 25.4 Å². The van der Waals surface area contributed by atoms with E-state index < -0.39 is 5.41 Å². The Morgan fingerprint density at radius 3 is 2.67 bits per heavy atom. The number of hydrogen-bond acceptors (Lipinski definition) is 6. The summed E-state index contributed by atoms with van der Waals surface area (Å²) < 4.78 is 11.0. The van der Waals surface area contributed by atoms with Gasteiger partial charge in [-0.2, -0.15) is 5.26 Å². The zero-order valence-corrected chi connectivity index (χ0v) is 16.7. The lowest BCUT2D eigenvalue weighted by Crippen LogP contribution is -2.45. The lowest BCUT2D eigenvalue weighted by Gasteiger charge is -2.41. The maximum Gasteiger partial charge on any atom is 0.244 e. The minimum atomic E-state index is -1.26. The monoisotopic (exact) mass is 400 g/mol. The topological polar surface area (TPSA) is 101 Å². The van der Waals surface area contributed by atoms with Crippen molar-refractivity contribution in [3.8, 4) is 17.6 Å². The van der Waals surface area contributed by atoms with Crippen molar-refractivity contribution in [2.24, 2.45) is 5.73 Å². The van der Waals surface area contributed by atoms with Gasteiger partial charge in [-0.3, -0.25) is 4.79 Å². The number of nitrogens with two attached hydrogens (primary N) is 1. The number of nitriles is 1. The van der Waals surface area contributed by atoms with E-state index in [0.717, 1.165) is 28.8 Å². The van der Waals surface area contributed by atoms with E-state index in [0.29, 0.717) is 29.6 Å². The molecule has 5 rings (SSSR count). The van der Waals surface area contributed by atoms with Gasteiger partial charge in [0.2, 0.25) is 5.91 Å². The SMILES string of the molecule is COc1cc2c(cc1OC)C1=CC3(C(=O)Nc4ccccc43)C(C#N)=C(N)N1CC2. The normalized spacial score (nSPS) is 21.3. The third-order valence-corrected chi connectivity index (χ3v) is 6.15. The van der Waals surface area contributed by atoms with E-state index in [2.05, 4.69) is 11.4 Å². The van der Waals surface area contributed by atoms with Crippen LogP contribution in [0.1, 0.15) is 16.7 Å². The molecule has 3 aliphatic heterocycles. The number of carbonyl (C=O) groups excluding carboxylic acids is 1. The van der Waals surface area contributed by atoms with Gasteiger partial charge in [-0.05, 0) is 36.3 Å². The van der Waals surface area contributed by atoms with Gasteiger partial charge >= 0.3 is 0 Å². The van der Waals surface area contributed by atoms with E-state index in [-0.39, 0.29) is 11.5 Å². The highest BCUT2D eigenvalue weighted by atomic mass is 16.5. The number of amides is 1. The van der Waals surface area contributed by atoms with Crippen molar-refractivity contribution in [1.29, 1.82) is 5.26 Å². The lowest BCUT2D eigenvalue weighted by molar-refractivity contribution is -0.118. The number of hydrogen-bond donors (Lipinski definition) is 2. The summed E-state index contributed by atoms with van der Waals surface area (Å²) in [7, 11) is 3.19. The van der Waals surface area contributed by atoms with Crippen LogP contribution >= 0.6 is 0 Å². The summed E-state index contributed by atoms with van der Waals surface area (Å²) in [5.41, 5.74) is 9.70. The highest BCUT2D eigenvalue weighted by Crippen LogP contribution is 2.51. The van der Waals surface area contributed by atoms with Crippen LogP contribution in [0.25, 0.3) is 5.70 Å². The number of carbonyl (C=O) groups is 1. The van der Waals surface area contributed by atoms with Gasteiger partial charge in [0, 0.05) is 29.1 Å². The van der Waals surface area contributed by atoms with Crippen LogP contribution < -0.4 is 20.5 Å². The largest absolute Gasteiger partial charge is 0.493 e. The maximum atomic E-state index is 13.3. The number of nitrogens with zero attached hydrogens (tertiary/aromatic N) is 2. The second-order valence-electron chi connectivity index (χ2n) is 7.48. The molecule has 2 aromatic carbocycles. The van der Waals surface area contributed by atoms with Crippen LogP contribution in [-0.2, 0) is 16.6 Å². The fourth-order valence-corrected chi connectivity index (χ4v) is 4.70. The van der Waals surface area contributed by atoms with Crippen LogP contribution in [0.2, 0.25) is 0 Å². The Morgan fingerprint density at radius 2 is 1.93 bits per heavy atom. The molecule has 0 saturated carbocycles. The number of benzene rings is 2. The van der Waals surface area contributed by atoms with E-state index in [9.17, 15) is 10.1 Å². The van der Waals surface area contributed by atoms with Gasteiger partial charge in [-0.25, -0.2) is 0 Å². The summed E-state index contributed by atoms with van der Waals surface area (Å²) in [5.74, 6) is 1.28. The molecule has 3 N–H and O–H groups in total. The summed E-state index contributed by atoms with van der Waals surface area (Å²) in [5, 5.41) is 12.9. The smallest absolute Gasteiger partial charge is 0.244 e. The van der Waals surface area contributed by atoms with Crippen LogP contribution in [0.4, 0.5) is 5.69 Å². The summed E-state index contributed by atoms with van der Waals surface area (Å²) in [6.45, 7) is 0.602. The maximum absolute atomic E-state index is 13.3. The van der Waals surface area contributed by atoms with E-state index in [1.807, 2.05) is 47.4 Å². The highest BCUT2D eigenvalue weighted by Gasteiger charge is 2.53. The molecule has 3 heterocycles. The van der Waals surface area contributed by atoms with Crippen molar-refractivity contribution in [1.82, 2.24) is 4.90 Å². The van der Waals surface area contributed by atoms with Crippen LogP contribution in [0.3, 0.4) is 0 Å². The molecule has 1 spiro atoms. The molecule has 1 atom stereocenters. The fraction of sp³-hybridized carbons (Fsp3) is 0.217. The Labute approximate surface area is 174 Å². The van der Waals surface area contributed by atoms with Crippen molar-refractivity contribution in [2.75, 3.05) is 26.1 Å². The van der Waals surface area contributed by atoms with Gasteiger partial charge in [-0.15, -0.1) is 0 Å². The molecule has 30 heavy (non-hydrogen) atoms. The quantitative estimate of drug-likeness (QED) is 0.803. The van der Waals surface area contributed by atoms with E-state index in [1.54, 1.807) is 14.2 Å². The molecule has 0 bridgehead atoms. The molecule has 0 saturated heterocycles. The first-order chi connectivity index (χ1) is 14.5. The lowest BCUT2D eigenvalue weighted by atomic mass is 9.71. The van der Waals surface area contributed by atoms with Gasteiger partial charge in [0.1, 0.15) is 17.3 Å². The summed E-state index contributed by atoms with van der Waals surface area (Å²) >= 11 is 0. The molecule has 2 aromatic rings. The van der Waals surface area contributed by atoms with Gasteiger partial charge in [0.05, 0.1) is 19.8 Å². The molecule has 150 valence electrons. The van der Waals surface area contributed by atoms with Gasteiger partial charge in [-0.1, -0.05) is 18.2 Å². The molecule has 7 heteroatoms. The number of para-hydroxylation sites is 1. The minimum Gasteiger partial charge on any atom is -0.493 e. The Kier molecular flexibility index (Phi) is 3.80. The highest BCUT2D eigenvalue weighted by molar-refractivity contribution is 6.12. The van der Waals surface area contributed by atoms with Crippen LogP contribution in [0, 0.1) is 11.3 Å². The van der Waals surface area contributed by atoms with E-state index >= 15 is 0 Å². The molecule has 1 unspecified atom stereocenters. The average Bonchev–Trinajstić information content (AvgIpc) is 3.04.